The molecule has 0 bridgehead atoms. The van der Waals surface area contributed by atoms with Gasteiger partial charge in [-0.25, -0.2) is 0 Å². The number of furan rings is 1. The molecule has 39 heavy (non-hydrogen) atoms. The van der Waals surface area contributed by atoms with Gasteiger partial charge in [0.15, 0.2) is 16.9 Å². The van der Waals surface area contributed by atoms with E-state index in [9.17, 15) is 9.59 Å². The number of carbonyl (C=O) groups excluding carboxylic acids is 1. The summed E-state index contributed by atoms with van der Waals surface area (Å²) in [7, 11) is 0. The number of fused-ring (bicyclic) bond motifs is 2. The van der Waals surface area contributed by atoms with E-state index in [2.05, 4.69) is 0 Å². The van der Waals surface area contributed by atoms with Crippen molar-refractivity contribution in [3.63, 3.8) is 0 Å². The quantitative estimate of drug-likeness (QED) is 0.234. The molecule has 0 radical (unpaired) electrons. The van der Waals surface area contributed by atoms with Gasteiger partial charge in [0, 0.05) is 0 Å². The van der Waals surface area contributed by atoms with Gasteiger partial charge in [-0.3, -0.25) is 9.59 Å². The topological polar surface area (TPSA) is 82.1 Å². The molecule has 196 valence electrons. The van der Waals surface area contributed by atoms with Gasteiger partial charge < -0.3 is 23.2 Å². The molecule has 7 nitrogen and oxygen atoms in total. The number of ether oxygens (including phenoxy) is 2. The summed E-state index contributed by atoms with van der Waals surface area (Å²) in [5.74, 6) is 1.39. The lowest BCUT2D eigenvalue weighted by molar-refractivity contribution is 0.0701. The lowest BCUT2D eigenvalue weighted by Crippen LogP contribution is -2.29. The molecule has 5 aromatic rings. The Morgan fingerprint density at radius 1 is 0.897 bits per heavy atom. The van der Waals surface area contributed by atoms with E-state index in [1.54, 1.807) is 35.4 Å². The highest BCUT2D eigenvalue weighted by molar-refractivity contribution is 5.99. The summed E-state index contributed by atoms with van der Waals surface area (Å²) in [6.07, 6.45) is 1.56. The molecule has 0 saturated carbocycles. The smallest absolute Gasteiger partial charge is 0.291 e. The summed E-state index contributed by atoms with van der Waals surface area (Å²) in [5.41, 5.74) is 3.15. The van der Waals surface area contributed by atoms with E-state index in [4.69, 9.17) is 18.3 Å². The van der Waals surface area contributed by atoms with Gasteiger partial charge in [-0.05, 0) is 61.4 Å². The molecule has 3 aromatic carbocycles. The minimum atomic E-state index is -0.693. The van der Waals surface area contributed by atoms with Gasteiger partial charge >= 0.3 is 0 Å². The zero-order valence-corrected chi connectivity index (χ0v) is 21.7. The van der Waals surface area contributed by atoms with Crippen LogP contribution in [0.1, 0.15) is 51.5 Å². The molecule has 1 aliphatic rings. The van der Waals surface area contributed by atoms with Gasteiger partial charge in [-0.2, -0.15) is 0 Å². The van der Waals surface area contributed by atoms with Crippen molar-refractivity contribution in [3.05, 3.63) is 129 Å². The lowest BCUT2D eigenvalue weighted by Gasteiger charge is -2.25. The molecule has 1 aliphatic heterocycles. The summed E-state index contributed by atoms with van der Waals surface area (Å²) in [6.45, 7) is 4.79. The van der Waals surface area contributed by atoms with Crippen LogP contribution in [0.5, 0.6) is 11.5 Å². The molecule has 1 unspecified atom stereocenters. The molecule has 1 atom stereocenters. The average Bonchev–Trinajstić information content (AvgIpc) is 3.56. The molecule has 1 amide bonds. The van der Waals surface area contributed by atoms with E-state index in [-0.39, 0.29) is 23.6 Å². The Kier molecular flexibility index (Phi) is 6.40. The molecule has 0 spiro atoms. The number of carbonyl (C=O) groups is 1. The fraction of sp³-hybridized carbons (Fsp3) is 0.188. The Labute approximate surface area is 225 Å². The average molecular weight is 522 g/mol. The van der Waals surface area contributed by atoms with E-state index in [0.29, 0.717) is 52.6 Å². The highest BCUT2D eigenvalue weighted by atomic mass is 16.5. The Bertz CT molecular complexity index is 1700. The van der Waals surface area contributed by atoms with Crippen LogP contribution < -0.4 is 14.9 Å². The number of nitrogens with zero attached hydrogens (tertiary/aromatic N) is 1. The number of amides is 1. The summed E-state index contributed by atoms with van der Waals surface area (Å²) >= 11 is 0. The second-order valence-corrected chi connectivity index (χ2v) is 9.50. The predicted octanol–water partition coefficient (Wildman–Crippen LogP) is 6.42. The first-order valence-electron chi connectivity index (χ1n) is 12.9. The number of benzene rings is 3. The van der Waals surface area contributed by atoms with Crippen LogP contribution >= 0.6 is 0 Å². The van der Waals surface area contributed by atoms with E-state index in [0.717, 1.165) is 11.1 Å². The predicted molar refractivity (Wildman–Crippen MR) is 146 cm³/mol. The summed E-state index contributed by atoms with van der Waals surface area (Å²) in [5, 5.41) is 0.444. The second-order valence-electron chi connectivity index (χ2n) is 9.50. The molecular weight excluding hydrogens is 494 g/mol. The van der Waals surface area contributed by atoms with Crippen molar-refractivity contribution in [2.24, 2.45) is 0 Å². The van der Waals surface area contributed by atoms with E-state index in [1.165, 1.54) is 0 Å². The third-order valence-electron chi connectivity index (χ3n) is 6.85. The van der Waals surface area contributed by atoms with Crippen LogP contribution in [0.3, 0.4) is 0 Å². The Morgan fingerprint density at radius 3 is 2.51 bits per heavy atom. The molecule has 2 aromatic heterocycles. The number of hydrogen-bond acceptors (Lipinski definition) is 6. The van der Waals surface area contributed by atoms with Crippen LogP contribution in [0.15, 0.2) is 98.8 Å². The monoisotopic (exact) mass is 521 g/mol. The molecule has 3 heterocycles. The first kappa shape index (κ1) is 24.6. The first-order valence-corrected chi connectivity index (χ1v) is 12.9. The third-order valence-corrected chi connectivity index (χ3v) is 6.85. The number of aryl methyl sites for hydroxylation is 1. The third kappa shape index (κ3) is 4.56. The molecular formula is C32H27NO6. The minimum Gasteiger partial charge on any atom is -0.490 e. The van der Waals surface area contributed by atoms with Crippen LogP contribution in [0, 0.1) is 6.92 Å². The zero-order chi connectivity index (χ0) is 26.9. The maximum Gasteiger partial charge on any atom is 0.291 e. The van der Waals surface area contributed by atoms with Crippen molar-refractivity contribution in [1.29, 1.82) is 0 Å². The van der Waals surface area contributed by atoms with Gasteiger partial charge in [-0.1, -0.05) is 48.0 Å². The fourth-order valence-electron chi connectivity index (χ4n) is 5.03. The van der Waals surface area contributed by atoms with Crippen molar-refractivity contribution >= 4 is 16.9 Å². The van der Waals surface area contributed by atoms with Gasteiger partial charge in [0.2, 0.25) is 5.76 Å². The standard InChI is InChI=1S/C32H27NO6/c1-3-36-27-17-22(12-14-26(27)38-19-21-8-5-4-6-9-21)29-28-30(34)24-16-20(2)11-13-25(24)39-31(28)32(35)33(29)18-23-10-7-15-37-23/h4-17,29H,3,18-19H2,1-2H3. The van der Waals surface area contributed by atoms with E-state index < -0.39 is 6.04 Å². The molecule has 0 aliphatic carbocycles. The summed E-state index contributed by atoms with van der Waals surface area (Å²) in [4.78, 5) is 29.2. The normalized spacial score (nSPS) is 14.6. The fourth-order valence-corrected chi connectivity index (χ4v) is 5.03. The van der Waals surface area contributed by atoms with Gasteiger partial charge in [0.1, 0.15) is 18.0 Å². The molecule has 0 fully saturated rings. The first-order chi connectivity index (χ1) is 19.0. The van der Waals surface area contributed by atoms with Crippen molar-refractivity contribution in [2.45, 2.75) is 33.0 Å². The Morgan fingerprint density at radius 2 is 1.74 bits per heavy atom. The SMILES string of the molecule is CCOc1cc(C2c3c(oc4ccc(C)cc4c3=O)C(=O)N2Cc2ccco2)ccc1OCc1ccccc1. The molecule has 7 heteroatoms. The van der Waals surface area contributed by atoms with Crippen molar-refractivity contribution in [2.75, 3.05) is 6.61 Å². The Hall–Kier alpha value is -4.78. The van der Waals surface area contributed by atoms with Crippen molar-refractivity contribution in [3.8, 4) is 11.5 Å². The molecule has 0 N–H and O–H groups in total. The van der Waals surface area contributed by atoms with Gasteiger partial charge in [0.25, 0.3) is 5.91 Å². The van der Waals surface area contributed by atoms with Crippen molar-refractivity contribution < 1.29 is 23.1 Å². The van der Waals surface area contributed by atoms with Crippen LogP contribution in [0.2, 0.25) is 0 Å². The van der Waals surface area contributed by atoms with Crippen LogP contribution in [-0.2, 0) is 13.2 Å². The maximum atomic E-state index is 13.9. The largest absolute Gasteiger partial charge is 0.490 e. The van der Waals surface area contributed by atoms with E-state index in [1.807, 2.05) is 68.4 Å². The minimum absolute atomic E-state index is 0.0512. The molecule has 6 rings (SSSR count). The summed E-state index contributed by atoms with van der Waals surface area (Å²) < 4.78 is 23.7. The highest BCUT2D eigenvalue weighted by Crippen LogP contribution is 2.42. The molecule has 0 saturated heterocycles. The Balaban J connectivity index is 1.46. The lowest BCUT2D eigenvalue weighted by atomic mass is 9.97. The van der Waals surface area contributed by atoms with Crippen LogP contribution in [-0.4, -0.2) is 17.4 Å². The van der Waals surface area contributed by atoms with Gasteiger partial charge in [-0.15, -0.1) is 0 Å². The maximum absolute atomic E-state index is 13.9. The number of rotatable bonds is 8. The second kappa shape index (κ2) is 10.2. The van der Waals surface area contributed by atoms with Crippen LogP contribution in [0.25, 0.3) is 11.0 Å². The van der Waals surface area contributed by atoms with Crippen molar-refractivity contribution in [1.82, 2.24) is 4.90 Å². The zero-order valence-electron chi connectivity index (χ0n) is 21.7. The summed E-state index contributed by atoms with van der Waals surface area (Å²) in [6, 6.07) is 23.7. The van der Waals surface area contributed by atoms with E-state index >= 15 is 0 Å². The number of hydrogen-bond donors (Lipinski definition) is 0. The van der Waals surface area contributed by atoms with Gasteiger partial charge in [0.05, 0.1) is 36.4 Å². The van der Waals surface area contributed by atoms with Crippen LogP contribution in [0.4, 0.5) is 0 Å². The highest BCUT2D eigenvalue weighted by Gasteiger charge is 2.43.